The smallest absolute Gasteiger partial charge is 0.336 e. The van der Waals surface area contributed by atoms with Crippen LogP contribution in [0.2, 0.25) is 10.0 Å². The quantitative estimate of drug-likeness (QED) is 0.382. The maximum Gasteiger partial charge on any atom is 0.336 e. The number of ether oxygens (including phenoxy) is 1. The molecule has 0 saturated heterocycles. The summed E-state index contributed by atoms with van der Waals surface area (Å²) in [6.07, 6.45) is 0. The predicted molar refractivity (Wildman–Crippen MR) is 127 cm³/mol. The van der Waals surface area contributed by atoms with Crippen molar-refractivity contribution in [1.82, 2.24) is 0 Å². The number of halogens is 2. The molecule has 31 heavy (non-hydrogen) atoms. The van der Waals surface area contributed by atoms with E-state index in [1.807, 2.05) is 0 Å². The molecule has 2 amide bonds. The van der Waals surface area contributed by atoms with Crippen LogP contribution in [0.4, 0.5) is 21.9 Å². The van der Waals surface area contributed by atoms with Crippen LogP contribution in [0.1, 0.15) is 0 Å². The summed E-state index contributed by atoms with van der Waals surface area (Å²) in [4.78, 5) is 12.6. The number of para-hydroxylation sites is 1. The number of carbonyl (C=O) groups excluding carboxylic acids is 1. The third-order valence-corrected chi connectivity index (χ3v) is 6.23. The van der Waals surface area contributed by atoms with Gasteiger partial charge in [0.1, 0.15) is 11.4 Å². The molecule has 162 valence electrons. The third kappa shape index (κ3) is 5.76. The van der Waals surface area contributed by atoms with Gasteiger partial charge in [-0.1, -0.05) is 54.2 Å². The molecule has 0 bridgehead atoms. The van der Waals surface area contributed by atoms with E-state index in [1.165, 1.54) is 43.5 Å². The van der Waals surface area contributed by atoms with Gasteiger partial charge in [-0.25, -0.2) is 17.5 Å². The number of hydrogen-bond acceptors (Lipinski definition) is 5. The zero-order valence-electron chi connectivity index (χ0n) is 16.0. The minimum Gasteiger partial charge on any atom is -0.495 e. The Hall–Kier alpha value is -2.59. The van der Waals surface area contributed by atoms with Crippen LogP contribution in [-0.4, -0.2) is 21.6 Å². The summed E-state index contributed by atoms with van der Waals surface area (Å²) in [6, 6.07) is 16.4. The highest BCUT2D eigenvalue weighted by molar-refractivity contribution is 7.92. The lowest BCUT2D eigenvalue weighted by atomic mass is 10.3. The molecule has 3 aromatic rings. The summed E-state index contributed by atoms with van der Waals surface area (Å²) >= 11 is 16.1. The Bertz CT molecular complexity index is 1190. The summed E-state index contributed by atoms with van der Waals surface area (Å²) in [7, 11) is -2.53. The first kappa shape index (κ1) is 23.1. The number of rotatable bonds is 6. The fourth-order valence-electron chi connectivity index (χ4n) is 2.63. The molecule has 3 aromatic carbocycles. The first-order valence-corrected chi connectivity index (χ1v) is 11.4. The largest absolute Gasteiger partial charge is 0.495 e. The lowest BCUT2D eigenvalue weighted by Crippen LogP contribution is -2.27. The summed E-state index contributed by atoms with van der Waals surface area (Å²) in [5.41, 5.74) is 0.862. The average Bonchev–Trinajstić information content (AvgIpc) is 2.72. The number of carbonyl (C=O) groups is 1. The van der Waals surface area contributed by atoms with Crippen molar-refractivity contribution >= 4 is 69.1 Å². The molecule has 0 heterocycles. The van der Waals surface area contributed by atoms with E-state index in [-0.39, 0.29) is 16.3 Å². The Balaban J connectivity index is 1.89. The number of amides is 2. The van der Waals surface area contributed by atoms with Gasteiger partial charge in [0.15, 0.2) is 0 Å². The molecule has 0 saturated carbocycles. The fourth-order valence-corrected chi connectivity index (χ4v) is 4.45. The average molecular weight is 498 g/mol. The number of hydrogen-bond donors (Lipinski definition) is 3. The van der Waals surface area contributed by atoms with Crippen LogP contribution in [0.5, 0.6) is 5.75 Å². The van der Waals surface area contributed by atoms with Crippen LogP contribution in [0.15, 0.2) is 71.6 Å². The highest BCUT2D eigenvalue weighted by Gasteiger charge is 2.22. The number of sulfonamides is 1. The molecule has 0 spiro atoms. The zero-order valence-corrected chi connectivity index (χ0v) is 19.3. The molecule has 0 aromatic heterocycles. The number of urea groups is 1. The van der Waals surface area contributed by atoms with Gasteiger partial charge in [0.05, 0.1) is 12.0 Å². The molecule has 0 aliphatic rings. The summed E-state index contributed by atoms with van der Waals surface area (Å²) in [5.74, 6) is 0.243. The number of methoxy groups -OCH3 is 1. The van der Waals surface area contributed by atoms with Gasteiger partial charge >= 0.3 is 6.03 Å². The second-order valence-corrected chi connectivity index (χ2v) is 9.16. The molecule has 11 heteroatoms. The highest BCUT2D eigenvalue weighted by atomic mass is 35.5. The van der Waals surface area contributed by atoms with Crippen molar-refractivity contribution in [2.24, 2.45) is 0 Å². The van der Waals surface area contributed by atoms with Gasteiger partial charge in [-0.15, -0.1) is 0 Å². The van der Waals surface area contributed by atoms with Gasteiger partial charge in [-0.05, 0) is 48.5 Å². The Kier molecular flexibility index (Phi) is 7.22. The van der Waals surface area contributed by atoms with Crippen molar-refractivity contribution in [3.05, 3.63) is 76.8 Å². The van der Waals surface area contributed by atoms with Crippen LogP contribution < -0.4 is 19.1 Å². The van der Waals surface area contributed by atoms with E-state index in [0.717, 1.165) is 4.31 Å². The van der Waals surface area contributed by atoms with Crippen molar-refractivity contribution in [3.8, 4) is 5.75 Å². The van der Waals surface area contributed by atoms with Crippen LogP contribution in [0.3, 0.4) is 0 Å². The van der Waals surface area contributed by atoms with E-state index >= 15 is 0 Å². The van der Waals surface area contributed by atoms with Gasteiger partial charge in [0.2, 0.25) is 0 Å². The molecule has 3 rings (SSSR count). The van der Waals surface area contributed by atoms with Crippen LogP contribution in [0, 0.1) is 0 Å². The van der Waals surface area contributed by atoms with E-state index in [1.54, 1.807) is 30.3 Å². The minimum absolute atomic E-state index is 0.0789. The topological polar surface area (TPSA) is 87.7 Å². The third-order valence-electron chi connectivity index (χ3n) is 4.02. The van der Waals surface area contributed by atoms with Crippen LogP contribution in [0.25, 0.3) is 0 Å². The lowest BCUT2D eigenvalue weighted by molar-refractivity contribution is 0.260. The van der Waals surface area contributed by atoms with Crippen molar-refractivity contribution < 1.29 is 17.9 Å². The van der Waals surface area contributed by atoms with Crippen molar-refractivity contribution in [3.63, 3.8) is 0 Å². The fraction of sp³-hybridized carbons (Fsp3) is 0.0500. The Labute approximate surface area is 195 Å². The molecule has 0 aliphatic heterocycles. The summed E-state index contributed by atoms with van der Waals surface area (Å²) < 4.78 is 34.2. The molecule has 2 N–H and O–H groups in total. The number of nitrogens with zero attached hydrogens (tertiary/aromatic N) is 1. The van der Waals surface area contributed by atoms with Gasteiger partial charge in [-0.3, -0.25) is 4.72 Å². The SMILES string of the molecule is COc1ccc(S(=O)(=O)Nc2ccccc2)cc1N(S)C(=O)Nc1cc(Cl)cc(Cl)c1. The second-order valence-electron chi connectivity index (χ2n) is 6.21. The van der Waals surface area contributed by atoms with Gasteiger partial charge in [0, 0.05) is 21.4 Å². The van der Waals surface area contributed by atoms with E-state index in [4.69, 9.17) is 27.9 Å². The normalized spacial score (nSPS) is 11.0. The summed E-state index contributed by atoms with van der Waals surface area (Å²) in [6.45, 7) is 0. The van der Waals surface area contributed by atoms with Crippen LogP contribution >= 0.6 is 36.0 Å². The standard InChI is InChI=1S/C20H17Cl2N3O4S2/c1-29-19-8-7-17(31(27,28)24-15-5-3-2-4-6-15)12-18(19)25(30)20(26)23-16-10-13(21)9-14(22)11-16/h2-12,24,30H,1H3,(H,23,26). The number of nitrogens with one attached hydrogen (secondary N) is 2. The maximum atomic E-state index is 12.8. The van der Waals surface area contributed by atoms with Crippen molar-refractivity contribution in [2.75, 3.05) is 21.5 Å². The number of benzene rings is 3. The molecule has 0 radical (unpaired) electrons. The first-order valence-electron chi connectivity index (χ1n) is 8.71. The predicted octanol–water partition coefficient (Wildman–Crippen LogP) is 5.69. The molecule has 0 unspecified atom stereocenters. The van der Waals surface area contributed by atoms with Gasteiger partial charge < -0.3 is 10.1 Å². The highest BCUT2D eigenvalue weighted by Crippen LogP contribution is 2.33. The van der Waals surface area contributed by atoms with Crippen molar-refractivity contribution in [1.29, 1.82) is 0 Å². The lowest BCUT2D eigenvalue weighted by Gasteiger charge is -2.20. The van der Waals surface area contributed by atoms with Crippen LogP contribution in [-0.2, 0) is 10.0 Å². The number of anilines is 3. The van der Waals surface area contributed by atoms with E-state index in [2.05, 4.69) is 22.9 Å². The van der Waals surface area contributed by atoms with E-state index in [9.17, 15) is 13.2 Å². The first-order chi connectivity index (χ1) is 14.7. The maximum absolute atomic E-state index is 12.8. The molecule has 0 aliphatic carbocycles. The van der Waals surface area contributed by atoms with Crippen molar-refractivity contribution in [2.45, 2.75) is 4.90 Å². The minimum atomic E-state index is -3.92. The molecular weight excluding hydrogens is 481 g/mol. The van der Waals surface area contributed by atoms with Gasteiger partial charge in [0.25, 0.3) is 10.0 Å². The number of thiol groups is 1. The monoisotopic (exact) mass is 497 g/mol. The molecule has 0 fully saturated rings. The van der Waals surface area contributed by atoms with E-state index < -0.39 is 16.1 Å². The zero-order chi connectivity index (χ0) is 22.6. The molecular formula is C20H17Cl2N3O4S2. The Morgan fingerprint density at radius 3 is 2.23 bits per heavy atom. The Morgan fingerprint density at radius 2 is 1.61 bits per heavy atom. The second kappa shape index (κ2) is 9.69. The summed E-state index contributed by atoms with van der Waals surface area (Å²) in [5, 5.41) is 3.27. The molecule has 7 nitrogen and oxygen atoms in total. The van der Waals surface area contributed by atoms with Gasteiger partial charge in [-0.2, -0.15) is 0 Å². The Morgan fingerprint density at radius 1 is 0.968 bits per heavy atom. The molecule has 0 atom stereocenters. The van der Waals surface area contributed by atoms with E-state index in [0.29, 0.717) is 21.4 Å².